The lowest BCUT2D eigenvalue weighted by Gasteiger charge is -2.06. The molecule has 0 aliphatic heterocycles. The van der Waals surface area contributed by atoms with E-state index in [2.05, 4.69) is 6.58 Å². The van der Waals surface area contributed by atoms with Crippen molar-refractivity contribution in [3.8, 4) is 0 Å². The lowest BCUT2D eigenvalue weighted by molar-refractivity contribution is -0.132. The number of carbonyl (C=O) groups is 1. The highest BCUT2D eigenvalue weighted by Crippen LogP contribution is 2.20. The summed E-state index contributed by atoms with van der Waals surface area (Å²) in [5, 5.41) is 9.03. The van der Waals surface area contributed by atoms with E-state index in [9.17, 15) is 4.79 Å². The topological polar surface area (TPSA) is 37.3 Å². The molecule has 78 valence electrons. The van der Waals surface area contributed by atoms with Crippen molar-refractivity contribution in [1.29, 1.82) is 0 Å². The zero-order valence-corrected chi connectivity index (χ0v) is 8.73. The second-order valence-corrected chi connectivity index (χ2v) is 3.27. The maximum atomic E-state index is 11.0. The van der Waals surface area contributed by atoms with E-state index < -0.39 is 5.97 Å². The Bertz CT molecular complexity index is 388. The number of rotatable bonds is 4. The maximum absolute atomic E-state index is 11.0. The largest absolute Gasteiger partial charge is 0.478 e. The summed E-state index contributed by atoms with van der Waals surface area (Å²) in [6.45, 7) is 5.38. The van der Waals surface area contributed by atoms with Crippen LogP contribution in [0.25, 0.3) is 5.57 Å². The highest BCUT2D eigenvalue weighted by atomic mass is 16.4. The van der Waals surface area contributed by atoms with Gasteiger partial charge in [0.1, 0.15) is 0 Å². The molecule has 0 atom stereocenters. The van der Waals surface area contributed by atoms with Gasteiger partial charge in [0.15, 0.2) is 0 Å². The molecule has 1 aromatic rings. The average molecular weight is 202 g/mol. The van der Waals surface area contributed by atoms with Crippen LogP contribution in [0.15, 0.2) is 48.6 Å². The van der Waals surface area contributed by atoms with E-state index in [0.717, 1.165) is 11.1 Å². The fourth-order valence-corrected chi connectivity index (χ4v) is 1.41. The first-order chi connectivity index (χ1) is 7.16. The number of benzene rings is 1. The predicted octanol–water partition coefficient (Wildman–Crippen LogP) is 3.12. The molecule has 2 nitrogen and oxygen atoms in total. The number of allylic oxidation sites excluding steroid dienone is 2. The minimum atomic E-state index is -0.878. The third-order valence-electron chi connectivity index (χ3n) is 2.27. The molecule has 0 aliphatic rings. The first kappa shape index (κ1) is 11.2. The van der Waals surface area contributed by atoms with Crippen LogP contribution in [0.1, 0.15) is 18.9 Å². The van der Waals surface area contributed by atoms with Gasteiger partial charge in [0.25, 0.3) is 0 Å². The number of carboxylic acid groups (broad SMARTS) is 1. The Hall–Kier alpha value is -1.83. The minimum absolute atomic E-state index is 0.385. The van der Waals surface area contributed by atoms with Gasteiger partial charge < -0.3 is 5.11 Å². The summed E-state index contributed by atoms with van der Waals surface area (Å²) >= 11 is 0. The van der Waals surface area contributed by atoms with Crippen molar-refractivity contribution in [1.82, 2.24) is 0 Å². The monoisotopic (exact) mass is 202 g/mol. The van der Waals surface area contributed by atoms with Gasteiger partial charge in [-0.25, -0.2) is 4.79 Å². The molecule has 0 fully saturated rings. The quantitative estimate of drug-likeness (QED) is 0.601. The van der Waals surface area contributed by atoms with E-state index in [-0.39, 0.29) is 0 Å². The van der Waals surface area contributed by atoms with Gasteiger partial charge in [-0.05, 0) is 24.5 Å². The van der Waals surface area contributed by atoms with Crippen molar-refractivity contribution < 1.29 is 9.90 Å². The van der Waals surface area contributed by atoms with Crippen LogP contribution in [-0.2, 0) is 4.79 Å². The molecule has 0 bridgehead atoms. The van der Waals surface area contributed by atoms with E-state index in [1.165, 1.54) is 0 Å². The molecular formula is C13H14O2. The standard InChI is InChI=1S/C13H14O2/c1-3-7-12(13(14)15)10(2)11-8-5-4-6-9-11/h3-6,8-9H,1,7H2,2H3,(H,14,15)/b12-10+. The normalized spacial score (nSPS) is 11.8. The Morgan fingerprint density at radius 2 is 2.00 bits per heavy atom. The van der Waals surface area contributed by atoms with Crippen molar-refractivity contribution in [3.63, 3.8) is 0 Å². The zero-order valence-electron chi connectivity index (χ0n) is 8.73. The summed E-state index contributed by atoms with van der Waals surface area (Å²) in [6, 6.07) is 9.51. The van der Waals surface area contributed by atoms with Gasteiger partial charge in [0.05, 0.1) is 0 Å². The molecule has 0 aromatic heterocycles. The first-order valence-corrected chi connectivity index (χ1v) is 4.76. The fourth-order valence-electron chi connectivity index (χ4n) is 1.41. The number of hydrogen-bond donors (Lipinski definition) is 1. The van der Waals surface area contributed by atoms with Crippen LogP contribution >= 0.6 is 0 Å². The second-order valence-electron chi connectivity index (χ2n) is 3.27. The molecule has 15 heavy (non-hydrogen) atoms. The van der Waals surface area contributed by atoms with Crippen LogP contribution in [0.2, 0.25) is 0 Å². The molecule has 1 rings (SSSR count). The van der Waals surface area contributed by atoms with Crippen molar-refractivity contribution in [2.24, 2.45) is 0 Å². The van der Waals surface area contributed by atoms with Crippen LogP contribution < -0.4 is 0 Å². The van der Waals surface area contributed by atoms with Gasteiger partial charge >= 0.3 is 5.97 Å². The third kappa shape index (κ3) is 2.81. The molecule has 0 radical (unpaired) electrons. The first-order valence-electron chi connectivity index (χ1n) is 4.76. The number of aliphatic carboxylic acids is 1. The maximum Gasteiger partial charge on any atom is 0.332 e. The van der Waals surface area contributed by atoms with Crippen molar-refractivity contribution in [2.45, 2.75) is 13.3 Å². The van der Waals surface area contributed by atoms with E-state index in [4.69, 9.17) is 5.11 Å². The third-order valence-corrected chi connectivity index (χ3v) is 2.27. The Morgan fingerprint density at radius 1 is 1.40 bits per heavy atom. The second kappa shape index (κ2) is 5.15. The van der Waals surface area contributed by atoms with Crippen molar-refractivity contribution >= 4 is 11.5 Å². The number of hydrogen-bond acceptors (Lipinski definition) is 1. The average Bonchev–Trinajstić information content (AvgIpc) is 2.26. The number of carboxylic acids is 1. The lowest BCUT2D eigenvalue weighted by atomic mass is 9.99. The van der Waals surface area contributed by atoms with E-state index in [0.29, 0.717) is 12.0 Å². The molecule has 2 heteroatoms. The molecule has 0 spiro atoms. The van der Waals surface area contributed by atoms with Gasteiger partial charge in [-0.15, -0.1) is 6.58 Å². The summed E-state index contributed by atoms with van der Waals surface area (Å²) in [7, 11) is 0. The molecule has 0 saturated heterocycles. The smallest absolute Gasteiger partial charge is 0.332 e. The molecule has 0 aliphatic carbocycles. The van der Waals surface area contributed by atoms with Gasteiger partial charge in [-0.2, -0.15) is 0 Å². The highest BCUT2D eigenvalue weighted by molar-refractivity contribution is 5.96. The van der Waals surface area contributed by atoms with E-state index in [1.54, 1.807) is 6.08 Å². The van der Waals surface area contributed by atoms with Gasteiger partial charge in [-0.3, -0.25) is 0 Å². The molecule has 0 saturated carbocycles. The van der Waals surface area contributed by atoms with Crippen molar-refractivity contribution in [2.75, 3.05) is 0 Å². The van der Waals surface area contributed by atoms with Crippen molar-refractivity contribution in [3.05, 3.63) is 54.1 Å². The van der Waals surface area contributed by atoms with Gasteiger partial charge in [0.2, 0.25) is 0 Å². The van der Waals surface area contributed by atoms with Gasteiger partial charge in [0, 0.05) is 5.57 Å². The Kier molecular flexibility index (Phi) is 3.86. The SMILES string of the molecule is C=CC/C(C(=O)O)=C(/C)c1ccccc1. The summed E-state index contributed by atoms with van der Waals surface area (Å²) in [4.78, 5) is 11.0. The molecule has 0 amide bonds. The lowest BCUT2D eigenvalue weighted by Crippen LogP contribution is -2.02. The van der Waals surface area contributed by atoms with E-state index >= 15 is 0 Å². The van der Waals surface area contributed by atoms with Crippen LogP contribution in [-0.4, -0.2) is 11.1 Å². The predicted molar refractivity (Wildman–Crippen MR) is 61.5 cm³/mol. The van der Waals surface area contributed by atoms with E-state index in [1.807, 2.05) is 37.3 Å². The minimum Gasteiger partial charge on any atom is -0.478 e. The van der Waals surface area contributed by atoms with Crippen LogP contribution in [0.4, 0.5) is 0 Å². The summed E-state index contributed by atoms with van der Waals surface area (Å²) in [5.41, 5.74) is 2.14. The molecule has 0 unspecified atom stereocenters. The zero-order chi connectivity index (χ0) is 11.3. The highest BCUT2D eigenvalue weighted by Gasteiger charge is 2.10. The Morgan fingerprint density at radius 3 is 2.47 bits per heavy atom. The molecule has 0 heterocycles. The fraction of sp³-hybridized carbons (Fsp3) is 0.154. The molecule has 1 aromatic carbocycles. The van der Waals surface area contributed by atoms with Gasteiger partial charge in [-0.1, -0.05) is 36.4 Å². The Balaban J connectivity index is 3.16. The van der Waals surface area contributed by atoms with Crippen LogP contribution in [0.3, 0.4) is 0 Å². The summed E-state index contributed by atoms with van der Waals surface area (Å²) < 4.78 is 0. The van der Waals surface area contributed by atoms with Crippen LogP contribution in [0, 0.1) is 0 Å². The molecule has 1 N–H and O–H groups in total. The molecular weight excluding hydrogens is 188 g/mol. The summed E-state index contributed by atoms with van der Waals surface area (Å²) in [5.74, 6) is -0.878. The Labute approximate surface area is 89.6 Å². The summed E-state index contributed by atoms with van der Waals surface area (Å²) in [6.07, 6.45) is 1.99. The van der Waals surface area contributed by atoms with Crippen LogP contribution in [0.5, 0.6) is 0 Å².